The van der Waals surface area contributed by atoms with E-state index in [0.29, 0.717) is 23.0 Å². The molecule has 0 aromatic rings. The number of hydrogen-bond donors (Lipinski definition) is 0. The van der Waals surface area contributed by atoms with Crippen LogP contribution in [-0.4, -0.2) is 5.78 Å². The lowest BCUT2D eigenvalue weighted by Crippen LogP contribution is -2.30. The SMILES string of the molecule is C[C@@H]1CC[C@@H](C(C)(C)C)CC1=O. The Bertz CT molecular complexity index is 176. The van der Waals surface area contributed by atoms with Crippen LogP contribution in [0.4, 0.5) is 0 Å². The van der Waals surface area contributed by atoms with Gasteiger partial charge in [0.2, 0.25) is 0 Å². The van der Waals surface area contributed by atoms with Gasteiger partial charge in [0.1, 0.15) is 5.78 Å². The van der Waals surface area contributed by atoms with Crippen molar-refractivity contribution in [2.24, 2.45) is 17.3 Å². The first-order chi connectivity index (χ1) is 5.41. The molecular weight excluding hydrogens is 148 g/mol. The van der Waals surface area contributed by atoms with E-state index in [1.165, 1.54) is 6.42 Å². The Hall–Kier alpha value is -0.330. The molecule has 1 aliphatic rings. The third kappa shape index (κ3) is 2.09. The first-order valence-corrected chi connectivity index (χ1v) is 4.94. The van der Waals surface area contributed by atoms with Crippen molar-refractivity contribution < 1.29 is 4.79 Å². The lowest BCUT2D eigenvalue weighted by atomic mass is 9.70. The molecule has 0 N–H and O–H groups in total. The molecule has 0 radical (unpaired) electrons. The molecule has 1 fully saturated rings. The maximum Gasteiger partial charge on any atom is 0.135 e. The molecule has 12 heavy (non-hydrogen) atoms. The predicted molar refractivity (Wildman–Crippen MR) is 51.0 cm³/mol. The van der Waals surface area contributed by atoms with Crippen molar-refractivity contribution in [3.05, 3.63) is 0 Å². The van der Waals surface area contributed by atoms with Crippen LogP contribution in [0, 0.1) is 17.3 Å². The third-order valence-corrected chi connectivity index (χ3v) is 3.17. The predicted octanol–water partition coefficient (Wildman–Crippen LogP) is 3.04. The topological polar surface area (TPSA) is 17.1 Å². The van der Waals surface area contributed by atoms with E-state index in [0.717, 1.165) is 12.8 Å². The van der Waals surface area contributed by atoms with Crippen molar-refractivity contribution in [1.82, 2.24) is 0 Å². The fourth-order valence-electron chi connectivity index (χ4n) is 1.90. The lowest BCUT2D eigenvalue weighted by molar-refractivity contribution is -0.126. The number of carbonyl (C=O) groups excluding carboxylic acids is 1. The third-order valence-electron chi connectivity index (χ3n) is 3.17. The van der Waals surface area contributed by atoms with Crippen molar-refractivity contribution in [2.75, 3.05) is 0 Å². The van der Waals surface area contributed by atoms with Crippen LogP contribution >= 0.6 is 0 Å². The standard InChI is InChI=1S/C11H20O/c1-8-5-6-9(7-10(8)12)11(2,3)4/h8-9H,5-7H2,1-4H3/t8-,9-/m1/s1. The molecule has 0 unspecified atom stereocenters. The highest BCUT2D eigenvalue weighted by molar-refractivity contribution is 5.81. The second-order valence-electron chi connectivity index (χ2n) is 5.21. The van der Waals surface area contributed by atoms with E-state index in [4.69, 9.17) is 0 Å². The average molecular weight is 168 g/mol. The maximum absolute atomic E-state index is 11.5. The molecular formula is C11H20O. The molecule has 1 saturated carbocycles. The molecule has 0 aliphatic heterocycles. The number of rotatable bonds is 0. The molecule has 0 aromatic carbocycles. The van der Waals surface area contributed by atoms with Crippen molar-refractivity contribution in [2.45, 2.75) is 47.0 Å². The van der Waals surface area contributed by atoms with Gasteiger partial charge >= 0.3 is 0 Å². The van der Waals surface area contributed by atoms with Gasteiger partial charge in [-0.05, 0) is 24.2 Å². The van der Waals surface area contributed by atoms with Gasteiger partial charge in [0.05, 0.1) is 0 Å². The number of ketones is 1. The van der Waals surface area contributed by atoms with Gasteiger partial charge in [0.25, 0.3) is 0 Å². The van der Waals surface area contributed by atoms with E-state index < -0.39 is 0 Å². The van der Waals surface area contributed by atoms with Gasteiger partial charge in [0.15, 0.2) is 0 Å². The summed E-state index contributed by atoms with van der Waals surface area (Å²) < 4.78 is 0. The fourth-order valence-corrected chi connectivity index (χ4v) is 1.90. The Morgan fingerprint density at radius 2 is 1.83 bits per heavy atom. The van der Waals surface area contributed by atoms with Crippen molar-refractivity contribution in [1.29, 1.82) is 0 Å². The smallest absolute Gasteiger partial charge is 0.135 e. The van der Waals surface area contributed by atoms with Crippen molar-refractivity contribution in [3.63, 3.8) is 0 Å². The normalized spacial score (nSPS) is 32.2. The molecule has 1 nitrogen and oxygen atoms in total. The largest absolute Gasteiger partial charge is 0.299 e. The minimum atomic E-state index is 0.315. The highest BCUT2D eigenvalue weighted by atomic mass is 16.1. The van der Waals surface area contributed by atoms with Gasteiger partial charge < -0.3 is 0 Å². The molecule has 0 spiro atoms. The van der Waals surface area contributed by atoms with Gasteiger partial charge in [-0.1, -0.05) is 27.7 Å². The van der Waals surface area contributed by atoms with Crippen LogP contribution in [0.25, 0.3) is 0 Å². The second kappa shape index (κ2) is 3.20. The molecule has 0 amide bonds. The first-order valence-electron chi connectivity index (χ1n) is 4.94. The number of Topliss-reactive ketones (excluding diaryl/α,β-unsaturated/α-hetero) is 1. The number of hydrogen-bond acceptors (Lipinski definition) is 1. The Morgan fingerprint density at radius 3 is 2.25 bits per heavy atom. The maximum atomic E-state index is 11.5. The fraction of sp³-hybridized carbons (Fsp3) is 0.909. The summed E-state index contributed by atoms with van der Waals surface area (Å²) in [6, 6.07) is 0. The summed E-state index contributed by atoms with van der Waals surface area (Å²) >= 11 is 0. The van der Waals surface area contributed by atoms with Crippen LogP contribution in [0.3, 0.4) is 0 Å². The molecule has 0 bridgehead atoms. The molecule has 70 valence electrons. The lowest BCUT2D eigenvalue weighted by Gasteiger charge is -2.35. The van der Waals surface area contributed by atoms with Crippen LogP contribution in [-0.2, 0) is 4.79 Å². The summed E-state index contributed by atoms with van der Waals surface area (Å²) in [4.78, 5) is 11.5. The molecule has 1 heteroatoms. The minimum absolute atomic E-state index is 0.315. The van der Waals surface area contributed by atoms with Crippen LogP contribution in [0.15, 0.2) is 0 Å². The Morgan fingerprint density at radius 1 is 1.25 bits per heavy atom. The summed E-state index contributed by atoms with van der Waals surface area (Å²) in [5.41, 5.74) is 0.315. The van der Waals surface area contributed by atoms with E-state index in [1.807, 2.05) is 0 Å². The van der Waals surface area contributed by atoms with Gasteiger partial charge in [-0.2, -0.15) is 0 Å². The Labute approximate surface area is 75.5 Å². The van der Waals surface area contributed by atoms with Crippen LogP contribution in [0.5, 0.6) is 0 Å². The van der Waals surface area contributed by atoms with Gasteiger partial charge in [-0.15, -0.1) is 0 Å². The summed E-state index contributed by atoms with van der Waals surface area (Å²) in [6.07, 6.45) is 3.14. The second-order valence-corrected chi connectivity index (χ2v) is 5.21. The first kappa shape index (κ1) is 9.76. The minimum Gasteiger partial charge on any atom is -0.299 e. The zero-order valence-corrected chi connectivity index (χ0v) is 8.68. The summed E-state index contributed by atoms with van der Waals surface area (Å²) in [7, 11) is 0. The highest BCUT2D eigenvalue weighted by Gasteiger charge is 2.32. The van der Waals surface area contributed by atoms with Crippen LogP contribution in [0.1, 0.15) is 47.0 Å². The Kier molecular flexibility index (Phi) is 2.60. The van der Waals surface area contributed by atoms with E-state index in [-0.39, 0.29) is 0 Å². The molecule has 0 heterocycles. The molecule has 1 aliphatic carbocycles. The van der Waals surface area contributed by atoms with E-state index in [1.54, 1.807) is 0 Å². The Balaban J connectivity index is 2.57. The van der Waals surface area contributed by atoms with E-state index in [9.17, 15) is 4.79 Å². The van der Waals surface area contributed by atoms with E-state index >= 15 is 0 Å². The summed E-state index contributed by atoms with van der Waals surface area (Å²) in [5.74, 6) is 1.41. The van der Waals surface area contributed by atoms with Crippen molar-refractivity contribution in [3.8, 4) is 0 Å². The molecule has 0 saturated heterocycles. The van der Waals surface area contributed by atoms with Crippen LogP contribution < -0.4 is 0 Å². The summed E-state index contributed by atoms with van der Waals surface area (Å²) in [6.45, 7) is 8.77. The van der Waals surface area contributed by atoms with Gasteiger partial charge in [0, 0.05) is 12.3 Å². The van der Waals surface area contributed by atoms with Crippen molar-refractivity contribution >= 4 is 5.78 Å². The van der Waals surface area contributed by atoms with Gasteiger partial charge in [-0.25, -0.2) is 0 Å². The zero-order chi connectivity index (χ0) is 9.35. The summed E-state index contributed by atoms with van der Waals surface area (Å²) in [5, 5.41) is 0. The molecule has 2 atom stereocenters. The molecule has 1 rings (SSSR count). The monoisotopic (exact) mass is 168 g/mol. The average Bonchev–Trinajstić information content (AvgIpc) is 1.92. The zero-order valence-electron chi connectivity index (χ0n) is 8.68. The quantitative estimate of drug-likeness (QED) is 0.543. The number of carbonyl (C=O) groups is 1. The van der Waals surface area contributed by atoms with Crippen LogP contribution in [0.2, 0.25) is 0 Å². The van der Waals surface area contributed by atoms with Gasteiger partial charge in [-0.3, -0.25) is 4.79 Å². The van der Waals surface area contributed by atoms with E-state index in [2.05, 4.69) is 27.7 Å². The molecule has 0 aromatic heterocycles. The highest BCUT2D eigenvalue weighted by Crippen LogP contribution is 2.37.